The summed E-state index contributed by atoms with van der Waals surface area (Å²) < 4.78 is 4.96. The predicted molar refractivity (Wildman–Crippen MR) is 75.5 cm³/mol. The Morgan fingerprint density at radius 3 is 2.10 bits per heavy atom. The van der Waals surface area contributed by atoms with Crippen molar-refractivity contribution in [1.29, 1.82) is 0 Å². The normalized spacial score (nSPS) is 11.6. The number of ether oxygens (including phenoxy) is 1. The van der Waals surface area contributed by atoms with Gasteiger partial charge in [0.1, 0.15) is 18.0 Å². The molecule has 20 heavy (non-hydrogen) atoms. The molecule has 0 aliphatic heterocycles. The van der Waals surface area contributed by atoms with Crippen molar-refractivity contribution in [3.05, 3.63) is 46.2 Å². The largest absolute Gasteiger partial charge is 0.431 e. The number of benzene rings is 1. The molecule has 0 saturated carbocycles. The Hall–Kier alpha value is -1.94. The molecular formula is C15H15ClO4. The van der Waals surface area contributed by atoms with Crippen molar-refractivity contribution >= 4 is 29.1 Å². The van der Waals surface area contributed by atoms with Gasteiger partial charge in [-0.3, -0.25) is 14.4 Å². The van der Waals surface area contributed by atoms with Gasteiger partial charge < -0.3 is 4.74 Å². The zero-order valence-electron chi connectivity index (χ0n) is 11.5. The Balaban J connectivity index is 2.85. The van der Waals surface area contributed by atoms with Gasteiger partial charge in [-0.25, -0.2) is 0 Å². The Kier molecular flexibility index (Phi) is 5.65. The van der Waals surface area contributed by atoms with Crippen molar-refractivity contribution < 1.29 is 19.1 Å². The highest BCUT2D eigenvalue weighted by molar-refractivity contribution is 6.30. The minimum atomic E-state index is -0.668. The zero-order chi connectivity index (χ0) is 15.3. The van der Waals surface area contributed by atoms with E-state index >= 15 is 0 Å². The maximum Gasteiger partial charge on any atom is 0.318 e. The summed E-state index contributed by atoms with van der Waals surface area (Å²) in [6, 6.07) is 6.41. The van der Waals surface area contributed by atoms with Crippen LogP contribution in [0.5, 0.6) is 0 Å². The quantitative estimate of drug-likeness (QED) is 0.275. The highest BCUT2D eigenvalue weighted by atomic mass is 35.5. The fourth-order valence-electron chi connectivity index (χ4n) is 1.46. The van der Waals surface area contributed by atoms with Crippen LogP contribution < -0.4 is 0 Å². The van der Waals surface area contributed by atoms with Gasteiger partial charge in [0.15, 0.2) is 5.78 Å². The highest BCUT2D eigenvalue weighted by Crippen LogP contribution is 2.16. The summed E-state index contributed by atoms with van der Waals surface area (Å²) in [5.74, 6) is -1.02. The van der Waals surface area contributed by atoms with Crippen molar-refractivity contribution in [1.82, 2.24) is 0 Å². The fourth-order valence-corrected chi connectivity index (χ4v) is 1.59. The van der Waals surface area contributed by atoms with Gasteiger partial charge in [-0.15, -0.1) is 0 Å². The molecule has 1 aromatic rings. The fraction of sp³-hybridized carbons (Fsp3) is 0.267. The lowest BCUT2D eigenvalue weighted by Crippen LogP contribution is -2.11. The smallest absolute Gasteiger partial charge is 0.318 e. The lowest BCUT2D eigenvalue weighted by Gasteiger charge is -2.08. The van der Waals surface area contributed by atoms with Crippen LogP contribution in [0.25, 0.3) is 0 Å². The van der Waals surface area contributed by atoms with Gasteiger partial charge in [0.05, 0.1) is 0 Å². The molecule has 5 heteroatoms. The molecule has 0 radical (unpaired) electrons. The number of Topliss-reactive ketones (excluding diaryl/α,β-unsaturated/α-hetero) is 2. The molecule has 106 valence electrons. The number of esters is 1. The summed E-state index contributed by atoms with van der Waals surface area (Å²) in [6.07, 6.45) is -0.306. The molecule has 0 atom stereocenters. The second-order valence-corrected chi connectivity index (χ2v) is 4.81. The molecule has 0 bridgehead atoms. The van der Waals surface area contributed by atoms with Crippen LogP contribution in [-0.4, -0.2) is 17.5 Å². The standard InChI is InChI=1S/C15H15ClO4/c1-9(17)8-14(18)20-11(3)10(2)15(19)12-4-6-13(16)7-5-12/h4-7H,8H2,1-3H3/b11-10-. The molecule has 0 unspecified atom stereocenters. The van der Waals surface area contributed by atoms with Crippen LogP contribution in [0.2, 0.25) is 5.02 Å². The molecule has 4 nitrogen and oxygen atoms in total. The molecule has 1 aromatic carbocycles. The van der Waals surface area contributed by atoms with E-state index in [1.54, 1.807) is 31.2 Å². The van der Waals surface area contributed by atoms with Crippen LogP contribution in [0, 0.1) is 0 Å². The lowest BCUT2D eigenvalue weighted by molar-refractivity contribution is -0.141. The van der Waals surface area contributed by atoms with Crippen LogP contribution in [0.3, 0.4) is 0 Å². The Bertz CT molecular complexity index is 570. The van der Waals surface area contributed by atoms with Gasteiger partial charge in [0.2, 0.25) is 0 Å². The first kappa shape index (κ1) is 16.1. The molecule has 0 aliphatic carbocycles. The van der Waals surface area contributed by atoms with E-state index in [1.165, 1.54) is 13.8 Å². The third-order valence-electron chi connectivity index (χ3n) is 2.64. The molecular weight excluding hydrogens is 280 g/mol. The Labute approximate surface area is 122 Å². The molecule has 0 aromatic heterocycles. The molecule has 0 saturated heterocycles. The summed E-state index contributed by atoms with van der Waals surface area (Å²) >= 11 is 5.75. The first-order valence-electron chi connectivity index (χ1n) is 5.99. The predicted octanol–water partition coefficient (Wildman–Crippen LogP) is 3.34. The second-order valence-electron chi connectivity index (χ2n) is 4.37. The number of carbonyl (C=O) groups excluding carboxylic acids is 3. The van der Waals surface area contributed by atoms with Gasteiger partial charge >= 0.3 is 5.97 Å². The number of hydrogen-bond acceptors (Lipinski definition) is 4. The number of hydrogen-bond donors (Lipinski definition) is 0. The van der Waals surface area contributed by atoms with Gasteiger partial charge in [-0.05, 0) is 45.0 Å². The third kappa shape index (κ3) is 4.63. The van der Waals surface area contributed by atoms with Crippen LogP contribution in [0.4, 0.5) is 0 Å². The van der Waals surface area contributed by atoms with Crippen molar-refractivity contribution in [2.75, 3.05) is 0 Å². The first-order valence-corrected chi connectivity index (χ1v) is 6.37. The SMILES string of the molecule is CC(=O)CC(=O)O/C(C)=C(/C)C(=O)c1ccc(Cl)cc1. The molecule has 0 spiro atoms. The van der Waals surface area contributed by atoms with Gasteiger partial charge in [-0.1, -0.05) is 11.6 Å². The van der Waals surface area contributed by atoms with Gasteiger partial charge in [0.25, 0.3) is 0 Å². The number of carbonyl (C=O) groups is 3. The topological polar surface area (TPSA) is 60.4 Å². The Morgan fingerprint density at radius 2 is 1.60 bits per heavy atom. The monoisotopic (exact) mass is 294 g/mol. The van der Waals surface area contributed by atoms with Crippen LogP contribution in [-0.2, 0) is 14.3 Å². The summed E-state index contributed by atoms with van der Waals surface area (Å²) in [7, 11) is 0. The van der Waals surface area contributed by atoms with Crippen molar-refractivity contribution in [2.45, 2.75) is 27.2 Å². The van der Waals surface area contributed by atoms with E-state index in [-0.39, 0.29) is 23.7 Å². The molecule has 1 rings (SSSR count). The minimum absolute atomic E-state index is 0.191. The summed E-state index contributed by atoms with van der Waals surface area (Å²) in [5, 5.41) is 0.535. The van der Waals surface area contributed by atoms with Gasteiger partial charge in [-0.2, -0.15) is 0 Å². The van der Waals surface area contributed by atoms with Crippen LogP contribution in [0.15, 0.2) is 35.6 Å². The maximum absolute atomic E-state index is 12.1. The lowest BCUT2D eigenvalue weighted by atomic mass is 10.0. The molecule has 0 heterocycles. The zero-order valence-corrected chi connectivity index (χ0v) is 12.3. The number of ketones is 2. The van der Waals surface area contributed by atoms with Crippen LogP contribution in [0.1, 0.15) is 37.6 Å². The molecule has 0 amide bonds. The number of halogens is 1. The number of rotatable bonds is 5. The van der Waals surface area contributed by atoms with Crippen LogP contribution >= 0.6 is 11.6 Å². The maximum atomic E-state index is 12.1. The van der Waals surface area contributed by atoms with Gasteiger partial charge in [0, 0.05) is 16.2 Å². The van der Waals surface area contributed by atoms with E-state index < -0.39 is 5.97 Å². The number of allylic oxidation sites excluding steroid dienone is 2. The minimum Gasteiger partial charge on any atom is -0.431 e. The van der Waals surface area contributed by atoms with E-state index in [9.17, 15) is 14.4 Å². The van der Waals surface area contributed by atoms with E-state index in [0.717, 1.165) is 0 Å². The van der Waals surface area contributed by atoms with E-state index in [0.29, 0.717) is 16.2 Å². The molecule has 0 aliphatic rings. The first-order chi connectivity index (χ1) is 9.31. The van der Waals surface area contributed by atoms with Crippen molar-refractivity contribution in [3.63, 3.8) is 0 Å². The van der Waals surface area contributed by atoms with E-state index in [4.69, 9.17) is 16.3 Å². The average molecular weight is 295 g/mol. The third-order valence-corrected chi connectivity index (χ3v) is 2.89. The average Bonchev–Trinajstić information content (AvgIpc) is 2.36. The van der Waals surface area contributed by atoms with E-state index in [2.05, 4.69) is 0 Å². The summed E-state index contributed by atoms with van der Waals surface area (Å²) in [5.41, 5.74) is 0.762. The highest BCUT2D eigenvalue weighted by Gasteiger charge is 2.15. The molecule has 0 N–H and O–H groups in total. The summed E-state index contributed by atoms with van der Waals surface area (Å²) in [4.78, 5) is 34.3. The van der Waals surface area contributed by atoms with E-state index in [1.807, 2.05) is 0 Å². The molecule has 0 fully saturated rings. The Morgan fingerprint density at radius 1 is 1.05 bits per heavy atom. The second kappa shape index (κ2) is 7.01. The van der Waals surface area contributed by atoms with Crippen molar-refractivity contribution in [2.24, 2.45) is 0 Å². The van der Waals surface area contributed by atoms with Crippen molar-refractivity contribution in [3.8, 4) is 0 Å². The summed E-state index contributed by atoms with van der Waals surface area (Å²) in [6.45, 7) is 4.38.